The van der Waals surface area contributed by atoms with Gasteiger partial charge in [-0.15, -0.1) is 5.92 Å². The standard InChI is InChI=1S/C5H4N/c1-2-3-4-5-6/h1,4H2. The molecule has 0 aromatic carbocycles. The van der Waals surface area contributed by atoms with Gasteiger partial charge in [-0.25, -0.2) is 0 Å². The Morgan fingerprint density at radius 3 is 2.50 bits per heavy atom. The Bertz CT molecular complexity index is 108. The van der Waals surface area contributed by atoms with Crippen molar-refractivity contribution in [1.82, 2.24) is 0 Å². The van der Waals surface area contributed by atoms with Gasteiger partial charge in [0, 0.05) is 6.92 Å². The molecule has 1 radical (unpaired) electrons. The maximum Gasteiger partial charge on any atom is 0.0962 e. The molecular formula is C5H4N. The van der Waals surface area contributed by atoms with Crippen LogP contribution in [0.5, 0.6) is 0 Å². The Hall–Kier alpha value is -0.950. The maximum atomic E-state index is 7.82. The topological polar surface area (TPSA) is 23.8 Å². The first kappa shape index (κ1) is 5.05. The van der Waals surface area contributed by atoms with E-state index in [1.807, 2.05) is 6.07 Å². The quantitative estimate of drug-likeness (QED) is 0.392. The van der Waals surface area contributed by atoms with Crippen molar-refractivity contribution >= 4 is 0 Å². The number of nitriles is 1. The Morgan fingerprint density at radius 2 is 2.33 bits per heavy atom. The first-order valence-electron chi connectivity index (χ1n) is 1.53. The van der Waals surface area contributed by atoms with E-state index in [9.17, 15) is 0 Å². The molecule has 0 bridgehead atoms. The summed E-state index contributed by atoms with van der Waals surface area (Å²) >= 11 is 0. The molecule has 0 spiro atoms. The molecule has 0 atom stereocenters. The SMILES string of the molecule is [CH2]C#CCC#N. The van der Waals surface area contributed by atoms with Gasteiger partial charge >= 0.3 is 0 Å². The molecule has 0 amide bonds. The molecule has 29 valence electrons. The third-order valence-electron chi connectivity index (χ3n) is 0.292. The monoisotopic (exact) mass is 78.0 g/mol. The Kier molecular flexibility index (Phi) is 3.41. The predicted octanol–water partition coefficient (Wildman–Crippen LogP) is 0.738. The van der Waals surface area contributed by atoms with E-state index >= 15 is 0 Å². The number of rotatable bonds is 0. The molecule has 0 N–H and O–H groups in total. The van der Waals surface area contributed by atoms with Crippen LogP contribution in [0.4, 0.5) is 0 Å². The van der Waals surface area contributed by atoms with Crippen molar-refractivity contribution < 1.29 is 0 Å². The number of hydrogen-bond acceptors (Lipinski definition) is 1. The number of hydrogen-bond donors (Lipinski definition) is 0. The summed E-state index contributed by atoms with van der Waals surface area (Å²) < 4.78 is 0. The molecule has 1 heteroatoms. The van der Waals surface area contributed by atoms with Crippen molar-refractivity contribution in [3.63, 3.8) is 0 Å². The molecule has 0 aliphatic rings. The van der Waals surface area contributed by atoms with Crippen molar-refractivity contribution in [3.05, 3.63) is 6.92 Å². The van der Waals surface area contributed by atoms with Crippen molar-refractivity contribution in [3.8, 4) is 17.9 Å². The second-order valence-corrected chi connectivity index (χ2v) is 0.688. The summed E-state index contributed by atoms with van der Waals surface area (Å²) in [7, 11) is 0. The third-order valence-corrected chi connectivity index (χ3v) is 0.292. The van der Waals surface area contributed by atoms with Crippen LogP contribution in [0.3, 0.4) is 0 Å². The predicted molar refractivity (Wildman–Crippen MR) is 23.4 cm³/mol. The lowest BCUT2D eigenvalue weighted by Crippen LogP contribution is -1.51. The first-order valence-corrected chi connectivity index (χ1v) is 1.53. The molecule has 0 aliphatic heterocycles. The molecule has 0 fully saturated rings. The summed E-state index contributed by atoms with van der Waals surface area (Å²) in [6, 6.07) is 1.86. The van der Waals surface area contributed by atoms with Crippen LogP contribution in [0.25, 0.3) is 0 Å². The van der Waals surface area contributed by atoms with E-state index in [-0.39, 0.29) is 0 Å². The molecule has 0 aromatic rings. The van der Waals surface area contributed by atoms with E-state index in [1.54, 1.807) is 0 Å². The van der Waals surface area contributed by atoms with Gasteiger partial charge in [0.15, 0.2) is 0 Å². The lowest BCUT2D eigenvalue weighted by molar-refractivity contribution is 1.40. The molecule has 0 saturated carbocycles. The van der Waals surface area contributed by atoms with Crippen LogP contribution >= 0.6 is 0 Å². The molecule has 0 rings (SSSR count). The fourth-order valence-electron chi connectivity index (χ4n) is 0.102. The van der Waals surface area contributed by atoms with Gasteiger partial charge in [0.2, 0.25) is 0 Å². The second kappa shape index (κ2) is 4.05. The lowest BCUT2D eigenvalue weighted by Gasteiger charge is -1.56. The average molecular weight is 78.1 g/mol. The maximum absolute atomic E-state index is 7.82. The van der Waals surface area contributed by atoms with Crippen molar-refractivity contribution in [1.29, 1.82) is 5.26 Å². The highest BCUT2D eigenvalue weighted by Gasteiger charge is 1.59. The Labute approximate surface area is 37.6 Å². The smallest absolute Gasteiger partial charge is 0.0962 e. The van der Waals surface area contributed by atoms with Crippen molar-refractivity contribution in [2.45, 2.75) is 6.42 Å². The highest BCUT2D eigenvalue weighted by Crippen LogP contribution is 1.63. The molecular weight excluding hydrogens is 74.1 g/mol. The van der Waals surface area contributed by atoms with E-state index < -0.39 is 0 Å². The molecule has 0 unspecified atom stereocenters. The van der Waals surface area contributed by atoms with E-state index in [0.717, 1.165) is 0 Å². The summed E-state index contributed by atoms with van der Waals surface area (Å²) in [6.45, 7) is 3.21. The molecule has 1 nitrogen and oxygen atoms in total. The van der Waals surface area contributed by atoms with Crippen LogP contribution in [-0.4, -0.2) is 0 Å². The summed E-state index contributed by atoms with van der Waals surface area (Å²) in [5.41, 5.74) is 0. The van der Waals surface area contributed by atoms with Gasteiger partial charge < -0.3 is 0 Å². The van der Waals surface area contributed by atoms with Crippen LogP contribution in [-0.2, 0) is 0 Å². The Morgan fingerprint density at radius 1 is 1.67 bits per heavy atom. The highest BCUT2D eigenvalue weighted by atomic mass is 14.2. The molecule has 0 aliphatic carbocycles. The van der Waals surface area contributed by atoms with Crippen LogP contribution in [0.15, 0.2) is 0 Å². The van der Waals surface area contributed by atoms with Gasteiger partial charge in [-0.05, 0) is 0 Å². The lowest BCUT2D eigenvalue weighted by atomic mass is 10.5. The van der Waals surface area contributed by atoms with E-state index in [0.29, 0.717) is 6.42 Å². The van der Waals surface area contributed by atoms with Gasteiger partial charge in [0.25, 0.3) is 0 Å². The van der Waals surface area contributed by atoms with Crippen molar-refractivity contribution in [2.75, 3.05) is 0 Å². The van der Waals surface area contributed by atoms with Gasteiger partial charge in [-0.3, -0.25) is 0 Å². The average Bonchev–Trinajstić information content (AvgIpc) is 1.61. The highest BCUT2D eigenvalue weighted by molar-refractivity contribution is 5.06. The van der Waals surface area contributed by atoms with E-state index in [1.165, 1.54) is 0 Å². The zero-order chi connectivity index (χ0) is 4.83. The fourth-order valence-corrected chi connectivity index (χ4v) is 0.102. The zero-order valence-corrected chi connectivity index (χ0v) is 3.36. The summed E-state index contributed by atoms with van der Waals surface area (Å²) in [5.74, 6) is 4.82. The summed E-state index contributed by atoms with van der Waals surface area (Å²) in [4.78, 5) is 0. The largest absolute Gasteiger partial charge is 0.197 e. The van der Waals surface area contributed by atoms with Crippen LogP contribution in [0.2, 0.25) is 0 Å². The molecule has 6 heavy (non-hydrogen) atoms. The Balaban J connectivity index is 3.07. The minimum atomic E-state index is 0.295. The minimum absolute atomic E-state index is 0.295. The van der Waals surface area contributed by atoms with E-state index in [2.05, 4.69) is 18.8 Å². The van der Waals surface area contributed by atoms with Crippen LogP contribution in [0.1, 0.15) is 6.42 Å². The van der Waals surface area contributed by atoms with E-state index in [4.69, 9.17) is 5.26 Å². The first-order chi connectivity index (χ1) is 2.91. The second-order valence-electron chi connectivity index (χ2n) is 0.688. The van der Waals surface area contributed by atoms with Gasteiger partial charge in [-0.1, -0.05) is 5.92 Å². The van der Waals surface area contributed by atoms with Gasteiger partial charge in [0.1, 0.15) is 0 Å². The summed E-state index contributed by atoms with van der Waals surface area (Å²) in [6.07, 6.45) is 0.295. The van der Waals surface area contributed by atoms with Crippen LogP contribution in [0, 0.1) is 30.1 Å². The van der Waals surface area contributed by atoms with Gasteiger partial charge in [0.05, 0.1) is 12.5 Å². The fraction of sp³-hybridized carbons (Fsp3) is 0.200. The molecule has 0 aromatic heterocycles. The normalized spacial score (nSPS) is 4.67. The van der Waals surface area contributed by atoms with Crippen LogP contribution < -0.4 is 0 Å². The molecule has 0 saturated heterocycles. The summed E-state index contributed by atoms with van der Waals surface area (Å²) in [5, 5.41) is 7.82. The molecule has 0 heterocycles. The van der Waals surface area contributed by atoms with Crippen molar-refractivity contribution in [2.24, 2.45) is 0 Å². The number of nitrogens with zero attached hydrogens (tertiary/aromatic N) is 1. The van der Waals surface area contributed by atoms with Gasteiger partial charge in [-0.2, -0.15) is 5.26 Å². The third kappa shape index (κ3) is 3.05. The zero-order valence-electron chi connectivity index (χ0n) is 3.36. The minimum Gasteiger partial charge on any atom is -0.197 e.